The van der Waals surface area contributed by atoms with Gasteiger partial charge >= 0.3 is 11.9 Å². The highest BCUT2D eigenvalue weighted by Gasteiger charge is 2.47. The Bertz CT molecular complexity index is 1010. The molecule has 0 unspecified atom stereocenters. The molecule has 1 aromatic carbocycles. The van der Waals surface area contributed by atoms with Crippen LogP contribution in [0.2, 0.25) is 0 Å². The van der Waals surface area contributed by atoms with Gasteiger partial charge in [-0.2, -0.15) is 0 Å². The molecule has 1 aliphatic carbocycles. The molecule has 0 spiro atoms. The number of ether oxygens (including phenoxy) is 3. The van der Waals surface area contributed by atoms with Crippen LogP contribution in [-0.2, 0) is 23.9 Å². The van der Waals surface area contributed by atoms with Gasteiger partial charge in [0, 0.05) is 22.9 Å². The van der Waals surface area contributed by atoms with E-state index >= 15 is 0 Å². The van der Waals surface area contributed by atoms with Crippen LogP contribution in [0.1, 0.15) is 45.1 Å². The van der Waals surface area contributed by atoms with Gasteiger partial charge in [0.15, 0.2) is 17.3 Å². The SMILES string of the molecule is CCCOC(=O)C1=C(C)NC2=C(C(=O)[C@H](C(=O)OC)[C@@H](C)C2)[C@H]1c1ccc(OC)c(O)c1. The summed E-state index contributed by atoms with van der Waals surface area (Å²) in [5, 5.41) is 13.6. The number of methoxy groups -OCH3 is 2. The van der Waals surface area contributed by atoms with Crippen LogP contribution in [-0.4, -0.2) is 43.7 Å². The van der Waals surface area contributed by atoms with E-state index in [1.807, 2.05) is 13.8 Å². The molecule has 0 aromatic heterocycles. The van der Waals surface area contributed by atoms with Crippen LogP contribution < -0.4 is 10.1 Å². The number of dihydropyridines is 1. The Balaban J connectivity index is 2.18. The molecule has 3 atom stereocenters. The molecule has 0 amide bonds. The molecule has 1 heterocycles. The molecule has 8 heteroatoms. The minimum Gasteiger partial charge on any atom is -0.504 e. The van der Waals surface area contributed by atoms with Crippen LogP contribution >= 0.6 is 0 Å². The lowest BCUT2D eigenvalue weighted by atomic mass is 9.69. The first-order valence-electron chi connectivity index (χ1n) is 10.6. The third kappa shape index (κ3) is 4.09. The Labute approximate surface area is 187 Å². The number of hydrogen-bond donors (Lipinski definition) is 2. The number of allylic oxidation sites excluding steroid dienone is 3. The van der Waals surface area contributed by atoms with Crippen molar-refractivity contribution in [1.29, 1.82) is 0 Å². The summed E-state index contributed by atoms with van der Waals surface area (Å²) in [6.07, 6.45) is 1.09. The first-order valence-corrected chi connectivity index (χ1v) is 10.6. The largest absolute Gasteiger partial charge is 0.504 e. The molecule has 0 fully saturated rings. The van der Waals surface area contributed by atoms with E-state index in [1.54, 1.807) is 19.1 Å². The van der Waals surface area contributed by atoms with Crippen molar-refractivity contribution in [3.8, 4) is 11.5 Å². The first-order chi connectivity index (χ1) is 15.2. The smallest absolute Gasteiger partial charge is 0.336 e. The molecule has 1 aromatic rings. The fourth-order valence-electron chi connectivity index (χ4n) is 4.44. The molecule has 0 saturated carbocycles. The quantitative estimate of drug-likeness (QED) is 0.510. The second kappa shape index (κ2) is 9.46. The second-order valence-corrected chi connectivity index (χ2v) is 8.10. The van der Waals surface area contributed by atoms with Crippen LogP contribution in [0.5, 0.6) is 11.5 Å². The zero-order chi connectivity index (χ0) is 23.6. The zero-order valence-electron chi connectivity index (χ0n) is 19.0. The molecule has 0 bridgehead atoms. The van der Waals surface area contributed by atoms with Gasteiger partial charge in [-0.3, -0.25) is 9.59 Å². The zero-order valence-corrected chi connectivity index (χ0v) is 19.0. The summed E-state index contributed by atoms with van der Waals surface area (Å²) in [6, 6.07) is 4.74. The average molecular weight is 443 g/mol. The van der Waals surface area contributed by atoms with Crippen LogP contribution in [0.25, 0.3) is 0 Å². The molecule has 8 nitrogen and oxygen atoms in total. The fourth-order valence-corrected chi connectivity index (χ4v) is 4.44. The van der Waals surface area contributed by atoms with Crippen molar-refractivity contribution in [2.24, 2.45) is 11.8 Å². The maximum atomic E-state index is 13.6. The summed E-state index contributed by atoms with van der Waals surface area (Å²) >= 11 is 0. The standard InChI is InChI=1S/C24H29NO7/c1-6-9-32-24(29)19-13(3)25-15-10-12(2)18(23(28)31-5)22(27)21(15)20(19)14-7-8-17(30-4)16(26)11-14/h7-8,11-12,18,20,25-26H,6,9-10H2,1-5H3/t12-,18+,20-/m0/s1. The normalized spacial score (nSPS) is 22.8. The maximum absolute atomic E-state index is 13.6. The van der Waals surface area contributed by atoms with Crippen molar-refractivity contribution >= 4 is 17.7 Å². The molecule has 32 heavy (non-hydrogen) atoms. The van der Waals surface area contributed by atoms with Crippen molar-refractivity contribution < 1.29 is 33.7 Å². The van der Waals surface area contributed by atoms with E-state index in [2.05, 4.69) is 5.32 Å². The van der Waals surface area contributed by atoms with E-state index in [1.165, 1.54) is 20.3 Å². The van der Waals surface area contributed by atoms with E-state index in [9.17, 15) is 19.5 Å². The van der Waals surface area contributed by atoms with E-state index in [4.69, 9.17) is 14.2 Å². The Morgan fingerprint density at radius 2 is 1.97 bits per heavy atom. The molecule has 0 radical (unpaired) electrons. The lowest BCUT2D eigenvalue weighted by Gasteiger charge is -2.38. The summed E-state index contributed by atoms with van der Waals surface area (Å²) in [5.74, 6) is -3.45. The Kier molecular flexibility index (Phi) is 6.91. The lowest BCUT2D eigenvalue weighted by molar-refractivity contribution is -0.151. The minimum atomic E-state index is -0.971. The monoisotopic (exact) mass is 443 g/mol. The fraction of sp³-hybridized carbons (Fsp3) is 0.458. The number of phenolic OH excluding ortho intramolecular Hbond substituents is 1. The lowest BCUT2D eigenvalue weighted by Crippen LogP contribution is -2.43. The molecule has 2 aliphatic rings. The molecular weight excluding hydrogens is 414 g/mol. The van der Waals surface area contributed by atoms with E-state index in [0.717, 1.165) is 0 Å². The van der Waals surface area contributed by atoms with Crippen LogP contribution in [0.3, 0.4) is 0 Å². The highest BCUT2D eigenvalue weighted by molar-refractivity contribution is 6.12. The number of ketones is 1. The van der Waals surface area contributed by atoms with E-state index < -0.39 is 29.6 Å². The molecule has 1 aliphatic heterocycles. The highest BCUT2D eigenvalue weighted by Crippen LogP contribution is 2.46. The van der Waals surface area contributed by atoms with Gasteiger partial charge in [0.2, 0.25) is 0 Å². The summed E-state index contributed by atoms with van der Waals surface area (Å²) in [4.78, 5) is 39.1. The van der Waals surface area contributed by atoms with Crippen molar-refractivity contribution in [2.75, 3.05) is 20.8 Å². The van der Waals surface area contributed by atoms with Gasteiger partial charge in [-0.05, 0) is 43.4 Å². The number of rotatable bonds is 6. The van der Waals surface area contributed by atoms with Crippen molar-refractivity contribution in [3.05, 3.63) is 46.3 Å². The summed E-state index contributed by atoms with van der Waals surface area (Å²) in [7, 11) is 2.69. The Morgan fingerprint density at radius 1 is 1.25 bits per heavy atom. The maximum Gasteiger partial charge on any atom is 0.336 e. The van der Waals surface area contributed by atoms with Gasteiger partial charge in [0.25, 0.3) is 0 Å². The van der Waals surface area contributed by atoms with Gasteiger partial charge in [-0.25, -0.2) is 4.79 Å². The predicted octanol–water partition coefficient (Wildman–Crippen LogP) is 2.97. The average Bonchev–Trinajstić information content (AvgIpc) is 2.76. The van der Waals surface area contributed by atoms with Gasteiger partial charge in [0.05, 0.1) is 26.4 Å². The third-order valence-corrected chi connectivity index (χ3v) is 5.94. The molecule has 3 rings (SSSR count). The van der Waals surface area contributed by atoms with Crippen LogP contribution in [0.4, 0.5) is 0 Å². The summed E-state index contributed by atoms with van der Waals surface area (Å²) in [5.41, 5.74) is 2.34. The number of hydrogen-bond acceptors (Lipinski definition) is 8. The number of carbonyl (C=O) groups excluding carboxylic acids is 3. The number of benzene rings is 1. The number of carbonyl (C=O) groups is 3. The molecule has 172 valence electrons. The number of esters is 2. The third-order valence-electron chi connectivity index (χ3n) is 5.94. The van der Waals surface area contributed by atoms with Crippen LogP contribution in [0.15, 0.2) is 40.7 Å². The van der Waals surface area contributed by atoms with Gasteiger partial charge in [-0.15, -0.1) is 0 Å². The topological polar surface area (TPSA) is 111 Å². The Morgan fingerprint density at radius 3 is 2.56 bits per heavy atom. The first kappa shape index (κ1) is 23.4. The minimum absolute atomic E-state index is 0.120. The number of aromatic hydroxyl groups is 1. The predicted molar refractivity (Wildman–Crippen MR) is 116 cm³/mol. The van der Waals surface area contributed by atoms with E-state index in [0.29, 0.717) is 35.4 Å². The number of nitrogens with one attached hydrogen (secondary N) is 1. The van der Waals surface area contributed by atoms with Crippen molar-refractivity contribution in [3.63, 3.8) is 0 Å². The number of Topliss-reactive ketones (excluding diaryl/α,β-unsaturated/α-hetero) is 1. The summed E-state index contributed by atoms with van der Waals surface area (Å²) < 4.78 is 15.4. The molecular formula is C24H29NO7. The van der Waals surface area contributed by atoms with Crippen molar-refractivity contribution in [2.45, 2.75) is 39.5 Å². The molecule has 0 saturated heterocycles. The molecule has 2 N–H and O–H groups in total. The highest BCUT2D eigenvalue weighted by atomic mass is 16.5. The van der Waals surface area contributed by atoms with Crippen molar-refractivity contribution in [1.82, 2.24) is 5.32 Å². The summed E-state index contributed by atoms with van der Waals surface area (Å²) in [6.45, 7) is 5.70. The Hall–Kier alpha value is -3.29. The number of phenols is 1. The van der Waals surface area contributed by atoms with Crippen LogP contribution in [0, 0.1) is 11.8 Å². The van der Waals surface area contributed by atoms with Gasteiger partial charge < -0.3 is 24.6 Å². The van der Waals surface area contributed by atoms with Gasteiger partial charge in [0.1, 0.15) is 5.92 Å². The van der Waals surface area contributed by atoms with E-state index in [-0.39, 0.29) is 29.6 Å². The van der Waals surface area contributed by atoms with Gasteiger partial charge in [-0.1, -0.05) is 19.9 Å². The second-order valence-electron chi connectivity index (χ2n) is 8.10.